The molecule has 6 nitrogen and oxygen atoms in total. The molecule has 0 heterocycles. The van der Waals surface area contributed by atoms with Gasteiger partial charge in [-0.15, -0.1) is 4.91 Å². The van der Waals surface area contributed by atoms with Gasteiger partial charge in [0.2, 0.25) is 5.79 Å². The van der Waals surface area contributed by atoms with Crippen LogP contribution in [0.2, 0.25) is 0 Å². The van der Waals surface area contributed by atoms with Gasteiger partial charge < -0.3 is 4.74 Å². The van der Waals surface area contributed by atoms with Crippen molar-refractivity contribution in [3.05, 3.63) is 4.91 Å². The van der Waals surface area contributed by atoms with E-state index in [0.717, 1.165) is 12.8 Å². The summed E-state index contributed by atoms with van der Waals surface area (Å²) >= 11 is 0. The number of hydrogen-bond donors (Lipinski definition) is 2. The Hall–Kier alpha value is -1.01. The van der Waals surface area contributed by atoms with Gasteiger partial charge >= 0.3 is 5.97 Å². The van der Waals surface area contributed by atoms with E-state index in [9.17, 15) is 9.70 Å². The summed E-state index contributed by atoms with van der Waals surface area (Å²) in [5.74, 6) is -2.22. The lowest BCUT2D eigenvalue weighted by Crippen LogP contribution is -2.51. The van der Waals surface area contributed by atoms with Crippen molar-refractivity contribution in [1.82, 2.24) is 0 Å². The normalized spacial score (nSPS) is 11.0. The largest absolute Gasteiger partial charge is 0.460 e. The highest BCUT2D eigenvalue weighted by molar-refractivity contribution is 5.69. The average molecular weight is 189 g/mol. The maximum absolute atomic E-state index is 10.9. The van der Waals surface area contributed by atoms with Crippen LogP contribution in [-0.2, 0) is 9.53 Å². The molecule has 0 aliphatic heterocycles. The maximum atomic E-state index is 10.9. The van der Waals surface area contributed by atoms with Crippen LogP contribution >= 0.6 is 0 Å². The molecule has 0 aliphatic rings. The predicted molar refractivity (Wildman–Crippen MR) is 47.4 cm³/mol. The van der Waals surface area contributed by atoms with Crippen molar-refractivity contribution in [2.75, 3.05) is 6.61 Å². The minimum Gasteiger partial charge on any atom is -0.460 e. The number of rotatable bonds is 6. The summed E-state index contributed by atoms with van der Waals surface area (Å²) in [5.41, 5.74) is 10.2. The van der Waals surface area contributed by atoms with E-state index in [-0.39, 0.29) is 6.61 Å². The monoisotopic (exact) mass is 189 g/mol. The van der Waals surface area contributed by atoms with E-state index < -0.39 is 11.8 Å². The summed E-state index contributed by atoms with van der Waals surface area (Å²) < 4.78 is 4.62. The van der Waals surface area contributed by atoms with E-state index in [1.54, 1.807) is 0 Å². The van der Waals surface area contributed by atoms with Gasteiger partial charge in [0.05, 0.1) is 0 Å². The van der Waals surface area contributed by atoms with Crippen LogP contribution in [0.5, 0.6) is 0 Å². The third-order valence-electron chi connectivity index (χ3n) is 1.37. The van der Waals surface area contributed by atoms with Gasteiger partial charge in [0, 0.05) is 6.42 Å². The molecule has 0 saturated carbocycles. The van der Waals surface area contributed by atoms with Crippen LogP contribution in [-0.4, -0.2) is 18.4 Å². The molecule has 0 fully saturated rings. The van der Waals surface area contributed by atoms with Crippen molar-refractivity contribution in [3.63, 3.8) is 0 Å². The zero-order chi connectivity index (χ0) is 10.3. The Labute approximate surface area is 76.6 Å². The fourth-order valence-electron chi connectivity index (χ4n) is 0.616. The number of ether oxygens (including phenoxy) is 1. The highest BCUT2D eigenvalue weighted by Gasteiger charge is 2.21. The molecule has 0 rings (SSSR count). The summed E-state index contributed by atoms with van der Waals surface area (Å²) in [4.78, 5) is 20.8. The summed E-state index contributed by atoms with van der Waals surface area (Å²) in [7, 11) is 0. The molecule has 6 heteroatoms. The average Bonchev–Trinajstić information content (AvgIpc) is 2.11. The molecule has 0 atom stereocenters. The van der Waals surface area contributed by atoms with E-state index in [2.05, 4.69) is 9.91 Å². The number of esters is 1. The number of unbranched alkanes of at least 4 members (excludes halogenated alkanes) is 1. The van der Waals surface area contributed by atoms with E-state index in [0.29, 0.717) is 6.42 Å². The fraction of sp³-hybridized carbons (Fsp3) is 0.857. The Morgan fingerprint density at radius 3 is 2.62 bits per heavy atom. The smallest absolute Gasteiger partial charge is 0.305 e. The number of carbonyl (C=O) groups excluding carboxylic acids is 1. The molecule has 4 N–H and O–H groups in total. The molecule has 13 heavy (non-hydrogen) atoms. The van der Waals surface area contributed by atoms with Gasteiger partial charge in [-0.3, -0.25) is 16.3 Å². The molecule has 0 unspecified atom stereocenters. The van der Waals surface area contributed by atoms with Crippen LogP contribution in [0.1, 0.15) is 26.2 Å². The molecule has 0 aromatic rings. The van der Waals surface area contributed by atoms with Crippen molar-refractivity contribution >= 4 is 5.97 Å². The zero-order valence-corrected chi connectivity index (χ0v) is 7.66. The van der Waals surface area contributed by atoms with Crippen LogP contribution in [0.25, 0.3) is 0 Å². The van der Waals surface area contributed by atoms with Gasteiger partial charge in [0.15, 0.2) is 0 Å². The summed E-state index contributed by atoms with van der Waals surface area (Å²) in [6.45, 7) is 1.58. The van der Waals surface area contributed by atoms with Gasteiger partial charge in [-0.25, -0.2) is 0 Å². The van der Waals surface area contributed by atoms with Gasteiger partial charge in [-0.05, 0) is 11.6 Å². The Bertz CT molecular complexity index is 182. The fourth-order valence-corrected chi connectivity index (χ4v) is 0.616. The maximum Gasteiger partial charge on any atom is 0.305 e. The second-order valence-electron chi connectivity index (χ2n) is 2.85. The summed E-state index contributed by atoms with van der Waals surface area (Å²) in [6.07, 6.45) is 1.96. The lowest BCUT2D eigenvalue weighted by atomic mass is 10.2. The zero-order valence-electron chi connectivity index (χ0n) is 7.66. The third-order valence-corrected chi connectivity index (χ3v) is 1.37. The van der Waals surface area contributed by atoms with E-state index >= 15 is 0 Å². The highest BCUT2D eigenvalue weighted by Crippen LogP contribution is 1.99. The van der Waals surface area contributed by atoms with E-state index in [1.165, 1.54) is 0 Å². The number of carbonyl (C=O) groups is 1. The molecule has 0 spiro atoms. The second kappa shape index (κ2) is 5.60. The lowest BCUT2D eigenvalue weighted by Gasteiger charge is -2.14. The van der Waals surface area contributed by atoms with Gasteiger partial charge in [0.25, 0.3) is 0 Å². The molecule has 0 amide bonds. The number of nitroso groups, excluding NO2 is 1. The molecule has 76 valence electrons. The van der Waals surface area contributed by atoms with E-state index in [1.807, 2.05) is 6.92 Å². The third kappa shape index (κ3) is 6.18. The lowest BCUT2D eigenvalue weighted by molar-refractivity contribution is -0.145. The minimum atomic E-state index is -1.80. The molecule has 0 radical (unpaired) electrons. The van der Waals surface area contributed by atoms with Crippen molar-refractivity contribution in [2.24, 2.45) is 16.6 Å². The molecule has 0 aliphatic carbocycles. The number of nitrogens with zero attached hydrogens (tertiary/aromatic N) is 1. The van der Waals surface area contributed by atoms with Crippen molar-refractivity contribution < 1.29 is 9.53 Å². The van der Waals surface area contributed by atoms with Crippen LogP contribution < -0.4 is 11.5 Å². The minimum absolute atomic E-state index is 0.311. The van der Waals surface area contributed by atoms with Gasteiger partial charge in [-0.2, -0.15) is 0 Å². The first-order chi connectivity index (χ1) is 6.02. The van der Waals surface area contributed by atoms with Gasteiger partial charge in [0.1, 0.15) is 6.61 Å². The molecular formula is C7H15N3O3. The molecule has 0 aromatic carbocycles. The Morgan fingerprint density at radius 2 is 2.15 bits per heavy atom. The Morgan fingerprint density at radius 1 is 1.54 bits per heavy atom. The second-order valence-corrected chi connectivity index (χ2v) is 2.85. The predicted octanol–water partition coefficient (Wildman–Crippen LogP) is 0.0574. The van der Waals surface area contributed by atoms with Crippen molar-refractivity contribution in [1.29, 1.82) is 0 Å². The molecule has 0 aromatic heterocycles. The summed E-state index contributed by atoms with van der Waals surface area (Å²) in [6, 6.07) is 0. The quantitative estimate of drug-likeness (QED) is 0.349. The SMILES string of the molecule is CCCCC(=O)OCC(N)(N)N=O. The topological polar surface area (TPSA) is 108 Å². The first-order valence-corrected chi connectivity index (χ1v) is 4.09. The number of nitrogens with two attached hydrogens (primary N) is 2. The first-order valence-electron chi connectivity index (χ1n) is 4.09. The van der Waals surface area contributed by atoms with E-state index in [4.69, 9.17) is 11.5 Å². The summed E-state index contributed by atoms with van der Waals surface area (Å²) in [5, 5.41) is 2.40. The van der Waals surface area contributed by atoms with Crippen molar-refractivity contribution in [3.8, 4) is 0 Å². The van der Waals surface area contributed by atoms with Crippen molar-refractivity contribution in [2.45, 2.75) is 32.0 Å². The van der Waals surface area contributed by atoms with Crippen LogP contribution in [0, 0.1) is 4.91 Å². The van der Waals surface area contributed by atoms with Gasteiger partial charge in [-0.1, -0.05) is 13.3 Å². The molecule has 0 bridgehead atoms. The first kappa shape index (κ1) is 12.0. The van der Waals surface area contributed by atoms with Crippen LogP contribution in [0.4, 0.5) is 0 Å². The standard InChI is InChI=1S/C7H15N3O3/c1-2-3-4-6(11)13-5-7(8,9)10-12/h2-5,8-9H2,1H3. The van der Waals surface area contributed by atoms with Crippen LogP contribution in [0.15, 0.2) is 5.18 Å². The Balaban J connectivity index is 3.63. The van der Waals surface area contributed by atoms with Crippen LogP contribution in [0.3, 0.4) is 0 Å². The Kier molecular flexibility index (Phi) is 5.17. The molecule has 0 saturated heterocycles. The number of hydrogen-bond acceptors (Lipinski definition) is 6. The molecular weight excluding hydrogens is 174 g/mol. The highest BCUT2D eigenvalue weighted by atomic mass is 16.5.